The number of nitrogens with one attached hydrogen (secondary N) is 3. The van der Waals surface area contributed by atoms with Crippen LogP contribution in [-0.2, 0) is 18.4 Å². The van der Waals surface area contributed by atoms with Gasteiger partial charge in [0.05, 0.1) is 12.6 Å². The zero-order valence-corrected chi connectivity index (χ0v) is 10.7. The van der Waals surface area contributed by atoms with Crippen molar-refractivity contribution in [1.29, 1.82) is 0 Å². The molecule has 1 rings (SSSR count). The lowest BCUT2D eigenvalue weighted by atomic mass is 10.3. The van der Waals surface area contributed by atoms with Crippen molar-refractivity contribution in [1.82, 2.24) is 30.7 Å². The number of hydrogen-bond acceptors (Lipinski definition) is 5. The van der Waals surface area contributed by atoms with Crippen molar-refractivity contribution < 1.29 is 9.59 Å². The Kier molecular flexibility index (Phi) is 5.25. The van der Waals surface area contributed by atoms with Crippen LogP contribution in [0.3, 0.4) is 0 Å². The van der Waals surface area contributed by atoms with Crippen molar-refractivity contribution in [3.05, 3.63) is 12.2 Å². The van der Waals surface area contributed by atoms with E-state index < -0.39 is 18.0 Å². The molecule has 0 aliphatic carbocycles. The van der Waals surface area contributed by atoms with Crippen LogP contribution < -0.4 is 16.0 Å². The van der Waals surface area contributed by atoms with Gasteiger partial charge in [-0.2, -0.15) is 5.10 Å². The molecule has 0 bridgehead atoms. The molecule has 3 N–H and O–H groups in total. The highest BCUT2D eigenvalue weighted by Gasteiger charge is 2.15. The van der Waals surface area contributed by atoms with E-state index in [2.05, 4.69) is 26.0 Å². The van der Waals surface area contributed by atoms with Crippen LogP contribution in [0.25, 0.3) is 0 Å². The maximum Gasteiger partial charge on any atom is 0.321 e. The molecule has 3 amide bonds. The molecule has 1 heterocycles. The van der Waals surface area contributed by atoms with E-state index in [0.29, 0.717) is 18.9 Å². The summed E-state index contributed by atoms with van der Waals surface area (Å²) in [5.74, 6) is 0.201. The number of amides is 3. The first-order valence-electron chi connectivity index (χ1n) is 5.69. The summed E-state index contributed by atoms with van der Waals surface area (Å²) in [4.78, 5) is 26.7. The quantitative estimate of drug-likeness (QED) is 0.634. The average Bonchev–Trinajstić information content (AvgIpc) is 2.72. The fraction of sp³-hybridized carbons (Fsp3) is 0.600. The van der Waals surface area contributed by atoms with Gasteiger partial charge in [0.2, 0.25) is 5.91 Å². The summed E-state index contributed by atoms with van der Waals surface area (Å²) < 4.78 is 1.58. The molecule has 0 saturated heterocycles. The lowest BCUT2D eigenvalue weighted by molar-refractivity contribution is -0.121. The van der Waals surface area contributed by atoms with E-state index in [4.69, 9.17) is 0 Å². The van der Waals surface area contributed by atoms with Gasteiger partial charge < -0.3 is 5.32 Å². The molecule has 0 fully saturated rings. The van der Waals surface area contributed by atoms with E-state index >= 15 is 0 Å². The summed E-state index contributed by atoms with van der Waals surface area (Å²) in [5.41, 5.74) is 0. The number of carbonyl (C=O) groups is 2. The molecule has 0 spiro atoms. The Morgan fingerprint density at radius 1 is 1.50 bits per heavy atom. The summed E-state index contributed by atoms with van der Waals surface area (Å²) in [5, 5.41) is 11.7. The summed E-state index contributed by atoms with van der Waals surface area (Å²) >= 11 is 0. The van der Waals surface area contributed by atoms with Gasteiger partial charge in [0, 0.05) is 13.6 Å². The van der Waals surface area contributed by atoms with E-state index in [1.165, 1.54) is 0 Å². The standard InChI is InChI=1S/C10H18N6O2/c1-4-11-10(18)14-9(17)7(2)12-5-8-13-6-16(3)15-8/h6-7,12H,4-5H2,1-3H3,(H2,11,14,17,18). The largest absolute Gasteiger partial charge is 0.338 e. The fourth-order valence-electron chi connectivity index (χ4n) is 1.23. The van der Waals surface area contributed by atoms with Gasteiger partial charge in [-0.3, -0.25) is 20.1 Å². The zero-order chi connectivity index (χ0) is 13.5. The Morgan fingerprint density at radius 2 is 2.22 bits per heavy atom. The first-order valence-corrected chi connectivity index (χ1v) is 5.69. The van der Waals surface area contributed by atoms with Gasteiger partial charge in [-0.05, 0) is 13.8 Å². The lowest BCUT2D eigenvalue weighted by Gasteiger charge is -2.12. The minimum atomic E-state index is -0.503. The van der Waals surface area contributed by atoms with Crippen molar-refractivity contribution in [2.75, 3.05) is 6.54 Å². The number of nitrogens with zero attached hydrogens (tertiary/aromatic N) is 3. The molecule has 0 saturated carbocycles. The SMILES string of the molecule is CCNC(=O)NC(=O)C(C)NCc1ncn(C)n1. The normalized spacial score (nSPS) is 11.9. The molecule has 1 atom stereocenters. The summed E-state index contributed by atoms with van der Waals surface area (Å²) in [6.07, 6.45) is 1.58. The van der Waals surface area contributed by atoms with Crippen LogP contribution in [0.15, 0.2) is 6.33 Å². The second-order valence-electron chi connectivity index (χ2n) is 3.79. The van der Waals surface area contributed by atoms with Crippen molar-refractivity contribution in [2.45, 2.75) is 26.4 Å². The Bertz CT molecular complexity index is 416. The number of aromatic nitrogens is 3. The number of hydrogen-bond donors (Lipinski definition) is 3. The van der Waals surface area contributed by atoms with Gasteiger partial charge in [-0.25, -0.2) is 9.78 Å². The number of urea groups is 1. The molecule has 18 heavy (non-hydrogen) atoms. The maximum atomic E-state index is 11.6. The Labute approximate surface area is 105 Å². The van der Waals surface area contributed by atoms with Gasteiger partial charge in [-0.1, -0.05) is 0 Å². The van der Waals surface area contributed by atoms with Crippen LogP contribution in [-0.4, -0.2) is 39.3 Å². The van der Waals surface area contributed by atoms with Crippen molar-refractivity contribution in [3.63, 3.8) is 0 Å². The molecule has 1 aromatic rings. The molecule has 1 unspecified atom stereocenters. The van der Waals surface area contributed by atoms with Gasteiger partial charge >= 0.3 is 6.03 Å². The van der Waals surface area contributed by atoms with Crippen molar-refractivity contribution in [2.24, 2.45) is 7.05 Å². The highest BCUT2D eigenvalue weighted by atomic mass is 16.2. The monoisotopic (exact) mass is 254 g/mol. The third-order valence-corrected chi connectivity index (χ3v) is 2.18. The third kappa shape index (κ3) is 4.50. The predicted molar refractivity (Wildman–Crippen MR) is 64.5 cm³/mol. The van der Waals surface area contributed by atoms with Crippen LogP contribution in [0.1, 0.15) is 19.7 Å². The molecule has 0 radical (unpaired) electrons. The molecule has 1 aromatic heterocycles. The first kappa shape index (κ1) is 14.1. The zero-order valence-electron chi connectivity index (χ0n) is 10.7. The van der Waals surface area contributed by atoms with E-state index in [9.17, 15) is 9.59 Å². The Hall–Kier alpha value is -1.96. The second-order valence-corrected chi connectivity index (χ2v) is 3.79. The third-order valence-electron chi connectivity index (χ3n) is 2.18. The molecule has 0 aliphatic rings. The van der Waals surface area contributed by atoms with Gasteiger partial charge in [0.15, 0.2) is 5.82 Å². The molecular formula is C10H18N6O2. The van der Waals surface area contributed by atoms with Gasteiger partial charge in [-0.15, -0.1) is 0 Å². The molecule has 8 nitrogen and oxygen atoms in total. The lowest BCUT2D eigenvalue weighted by Crippen LogP contribution is -2.47. The van der Waals surface area contributed by atoms with Gasteiger partial charge in [0.25, 0.3) is 0 Å². The van der Waals surface area contributed by atoms with E-state index in [1.807, 2.05) is 0 Å². The van der Waals surface area contributed by atoms with Crippen molar-refractivity contribution in [3.8, 4) is 0 Å². The first-order chi connectivity index (χ1) is 8.52. The molecular weight excluding hydrogens is 236 g/mol. The molecule has 100 valence electrons. The van der Waals surface area contributed by atoms with Crippen molar-refractivity contribution >= 4 is 11.9 Å². The minimum Gasteiger partial charge on any atom is -0.338 e. The smallest absolute Gasteiger partial charge is 0.321 e. The number of carbonyl (C=O) groups excluding carboxylic acids is 2. The Balaban J connectivity index is 2.33. The topological polar surface area (TPSA) is 101 Å². The van der Waals surface area contributed by atoms with Crippen LogP contribution in [0.2, 0.25) is 0 Å². The molecule has 0 aromatic carbocycles. The predicted octanol–water partition coefficient (Wildman–Crippen LogP) is -0.861. The maximum absolute atomic E-state index is 11.6. The molecule has 0 aliphatic heterocycles. The van der Waals surface area contributed by atoms with Crippen LogP contribution in [0.5, 0.6) is 0 Å². The fourth-order valence-corrected chi connectivity index (χ4v) is 1.23. The number of rotatable bonds is 5. The highest BCUT2D eigenvalue weighted by molar-refractivity contribution is 5.96. The number of imide groups is 1. The average molecular weight is 254 g/mol. The minimum absolute atomic E-state index is 0.366. The van der Waals surface area contributed by atoms with Crippen LogP contribution in [0.4, 0.5) is 4.79 Å². The molecule has 8 heteroatoms. The van der Waals surface area contributed by atoms with E-state index in [-0.39, 0.29) is 0 Å². The highest BCUT2D eigenvalue weighted by Crippen LogP contribution is 1.90. The van der Waals surface area contributed by atoms with Crippen LogP contribution >= 0.6 is 0 Å². The Morgan fingerprint density at radius 3 is 2.78 bits per heavy atom. The second kappa shape index (κ2) is 6.70. The number of aryl methyl sites for hydroxylation is 1. The summed E-state index contributed by atoms with van der Waals surface area (Å²) in [6.45, 7) is 4.28. The van der Waals surface area contributed by atoms with Gasteiger partial charge in [0.1, 0.15) is 6.33 Å². The summed E-state index contributed by atoms with van der Waals surface area (Å²) in [7, 11) is 1.77. The van der Waals surface area contributed by atoms with Crippen LogP contribution in [0, 0.1) is 0 Å². The summed E-state index contributed by atoms with van der Waals surface area (Å²) in [6, 6.07) is -0.997. The van der Waals surface area contributed by atoms with E-state index in [0.717, 1.165) is 0 Å². The van der Waals surface area contributed by atoms with E-state index in [1.54, 1.807) is 31.9 Å².